The zero-order valence-electron chi connectivity index (χ0n) is 15.4. The second kappa shape index (κ2) is 9.27. The molecule has 0 unspecified atom stereocenters. The van der Waals surface area contributed by atoms with Crippen LogP contribution in [-0.4, -0.2) is 26.3 Å². The quantitative estimate of drug-likeness (QED) is 0.450. The van der Waals surface area contributed by atoms with E-state index >= 15 is 0 Å². The van der Waals surface area contributed by atoms with Gasteiger partial charge in [0.2, 0.25) is 5.91 Å². The smallest absolute Gasteiger partial charge is 0.274 e. The molecule has 3 rings (SSSR count). The van der Waals surface area contributed by atoms with E-state index < -0.39 is 10.8 Å². The second-order valence-electron chi connectivity index (χ2n) is 6.25. The van der Waals surface area contributed by atoms with Gasteiger partial charge in [-0.15, -0.1) is 0 Å². The summed E-state index contributed by atoms with van der Waals surface area (Å²) in [6.45, 7) is 0.527. The topological polar surface area (TPSA) is 119 Å². The lowest BCUT2D eigenvalue weighted by atomic mass is 10.1. The molecular formula is C20H19N5O4. The highest BCUT2D eigenvalue weighted by molar-refractivity contribution is 5.97. The number of hydrogen-bond donors (Lipinski definition) is 2. The maximum Gasteiger partial charge on any atom is 0.274 e. The number of carbonyl (C=O) groups excluding carboxylic acids is 2. The summed E-state index contributed by atoms with van der Waals surface area (Å²) in [7, 11) is 0. The number of nitrogens with zero attached hydrogens (tertiary/aromatic N) is 3. The largest absolute Gasteiger partial charge is 0.348 e. The first-order valence-corrected chi connectivity index (χ1v) is 8.89. The van der Waals surface area contributed by atoms with E-state index in [4.69, 9.17) is 0 Å². The van der Waals surface area contributed by atoms with Crippen LogP contribution >= 0.6 is 0 Å². The van der Waals surface area contributed by atoms with Crippen LogP contribution in [0.5, 0.6) is 0 Å². The number of carbonyl (C=O) groups is 2. The van der Waals surface area contributed by atoms with Crippen LogP contribution in [0, 0.1) is 10.1 Å². The Hall–Kier alpha value is -4.01. The Balaban J connectivity index is 1.58. The summed E-state index contributed by atoms with van der Waals surface area (Å²) in [5.41, 5.74) is 1.21. The predicted octanol–water partition coefficient (Wildman–Crippen LogP) is 2.75. The lowest BCUT2D eigenvalue weighted by Gasteiger charge is -2.09. The highest BCUT2D eigenvalue weighted by atomic mass is 16.6. The van der Waals surface area contributed by atoms with Crippen LogP contribution < -0.4 is 10.6 Å². The molecular weight excluding hydrogens is 374 g/mol. The summed E-state index contributed by atoms with van der Waals surface area (Å²) in [4.78, 5) is 39.0. The van der Waals surface area contributed by atoms with Gasteiger partial charge >= 0.3 is 0 Å². The van der Waals surface area contributed by atoms with Gasteiger partial charge in [0, 0.05) is 54.8 Å². The number of imidazole rings is 1. The third-order valence-corrected chi connectivity index (χ3v) is 4.19. The maximum atomic E-state index is 12.4. The number of rotatable bonds is 8. The summed E-state index contributed by atoms with van der Waals surface area (Å²) in [5.74, 6) is -0.575. The Morgan fingerprint density at radius 2 is 1.97 bits per heavy atom. The number of hydrogen-bond acceptors (Lipinski definition) is 5. The van der Waals surface area contributed by atoms with Crippen LogP contribution in [0.1, 0.15) is 22.3 Å². The van der Waals surface area contributed by atoms with Crippen LogP contribution in [0.4, 0.5) is 11.4 Å². The van der Waals surface area contributed by atoms with E-state index in [2.05, 4.69) is 15.6 Å². The minimum atomic E-state index is -0.485. The summed E-state index contributed by atoms with van der Waals surface area (Å²) >= 11 is 0. The highest BCUT2D eigenvalue weighted by Gasteiger charge is 2.14. The average molecular weight is 393 g/mol. The predicted molar refractivity (Wildman–Crippen MR) is 106 cm³/mol. The minimum Gasteiger partial charge on any atom is -0.348 e. The first-order valence-electron chi connectivity index (χ1n) is 8.89. The van der Waals surface area contributed by atoms with E-state index in [1.807, 2.05) is 0 Å². The van der Waals surface area contributed by atoms with Crippen molar-refractivity contribution >= 4 is 23.2 Å². The summed E-state index contributed by atoms with van der Waals surface area (Å²) < 4.78 is 1.80. The standard InChI is InChI=1S/C20H19N5O4/c26-19(8-10-24-11-9-21-14-24)23-17-6-3-5-15(12-17)20(27)22-13-16-4-1-2-7-18(16)25(28)29/h1-7,9,11-12,14H,8,10,13H2,(H,22,27)(H,23,26). The Morgan fingerprint density at radius 3 is 2.72 bits per heavy atom. The highest BCUT2D eigenvalue weighted by Crippen LogP contribution is 2.17. The molecule has 2 aromatic carbocycles. The molecule has 3 aromatic rings. The van der Waals surface area contributed by atoms with Crippen molar-refractivity contribution in [3.8, 4) is 0 Å². The zero-order chi connectivity index (χ0) is 20.6. The van der Waals surface area contributed by atoms with Crippen LogP contribution in [-0.2, 0) is 17.9 Å². The van der Waals surface area contributed by atoms with E-state index in [1.54, 1.807) is 65.8 Å². The molecule has 9 nitrogen and oxygen atoms in total. The third kappa shape index (κ3) is 5.48. The fourth-order valence-electron chi connectivity index (χ4n) is 2.73. The van der Waals surface area contributed by atoms with Gasteiger partial charge in [0.1, 0.15) is 0 Å². The first kappa shape index (κ1) is 19.7. The van der Waals surface area contributed by atoms with Crippen molar-refractivity contribution < 1.29 is 14.5 Å². The number of benzene rings is 2. The minimum absolute atomic E-state index is 0.0253. The Morgan fingerprint density at radius 1 is 1.14 bits per heavy atom. The van der Waals surface area contributed by atoms with Crippen molar-refractivity contribution in [1.29, 1.82) is 0 Å². The van der Waals surface area contributed by atoms with E-state index in [1.165, 1.54) is 6.07 Å². The molecule has 0 saturated heterocycles. The molecule has 0 fully saturated rings. The molecule has 148 valence electrons. The second-order valence-corrected chi connectivity index (χ2v) is 6.25. The number of anilines is 1. The molecule has 0 radical (unpaired) electrons. The van der Waals surface area contributed by atoms with Gasteiger partial charge < -0.3 is 15.2 Å². The third-order valence-electron chi connectivity index (χ3n) is 4.19. The molecule has 0 bridgehead atoms. The number of nitrogens with one attached hydrogen (secondary N) is 2. The number of para-hydroxylation sites is 1. The van der Waals surface area contributed by atoms with Gasteiger partial charge in [-0.05, 0) is 18.2 Å². The lowest BCUT2D eigenvalue weighted by molar-refractivity contribution is -0.385. The van der Waals surface area contributed by atoms with Gasteiger partial charge in [-0.1, -0.05) is 24.3 Å². The monoisotopic (exact) mass is 393 g/mol. The molecule has 29 heavy (non-hydrogen) atoms. The molecule has 0 saturated carbocycles. The molecule has 0 aliphatic heterocycles. The molecule has 0 aliphatic carbocycles. The fourth-order valence-corrected chi connectivity index (χ4v) is 2.73. The van der Waals surface area contributed by atoms with Crippen molar-refractivity contribution in [2.75, 3.05) is 5.32 Å². The number of nitro groups is 1. The normalized spacial score (nSPS) is 10.3. The summed E-state index contributed by atoms with van der Waals surface area (Å²) in [6.07, 6.45) is 5.32. The Kier molecular flexibility index (Phi) is 6.31. The molecule has 1 heterocycles. The molecule has 2 amide bonds. The van der Waals surface area contributed by atoms with E-state index in [0.717, 1.165) is 0 Å². The molecule has 0 atom stereocenters. The lowest BCUT2D eigenvalue weighted by Crippen LogP contribution is -2.23. The van der Waals surface area contributed by atoms with Crippen molar-refractivity contribution in [2.24, 2.45) is 0 Å². The van der Waals surface area contributed by atoms with Gasteiger partial charge in [-0.2, -0.15) is 0 Å². The number of aryl methyl sites for hydroxylation is 1. The fraction of sp³-hybridized carbons (Fsp3) is 0.150. The van der Waals surface area contributed by atoms with Crippen molar-refractivity contribution in [3.63, 3.8) is 0 Å². The van der Waals surface area contributed by atoms with Crippen LogP contribution in [0.25, 0.3) is 0 Å². The number of aromatic nitrogens is 2. The zero-order valence-corrected chi connectivity index (χ0v) is 15.4. The van der Waals surface area contributed by atoms with Gasteiger partial charge in [0.05, 0.1) is 11.3 Å². The van der Waals surface area contributed by atoms with E-state index in [0.29, 0.717) is 23.4 Å². The number of amides is 2. The molecule has 0 aliphatic rings. The Bertz CT molecular complexity index is 1020. The SMILES string of the molecule is O=C(CCn1ccnc1)Nc1cccc(C(=O)NCc2ccccc2[N+](=O)[O-])c1. The first-order chi connectivity index (χ1) is 14.0. The van der Waals surface area contributed by atoms with Gasteiger partial charge in [0.25, 0.3) is 11.6 Å². The Labute approximate surface area is 166 Å². The molecule has 0 spiro atoms. The molecule has 9 heteroatoms. The van der Waals surface area contributed by atoms with Gasteiger partial charge in [-0.3, -0.25) is 19.7 Å². The van der Waals surface area contributed by atoms with E-state index in [-0.39, 0.29) is 24.6 Å². The average Bonchev–Trinajstić information content (AvgIpc) is 3.24. The van der Waals surface area contributed by atoms with Gasteiger partial charge in [0.15, 0.2) is 0 Å². The van der Waals surface area contributed by atoms with E-state index in [9.17, 15) is 19.7 Å². The molecule has 2 N–H and O–H groups in total. The van der Waals surface area contributed by atoms with Crippen molar-refractivity contribution in [2.45, 2.75) is 19.5 Å². The van der Waals surface area contributed by atoms with Crippen molar-refractivity contribution in [1.82, 2.24) is 14.9 Å². The summed E-state index contributed by atoms with van der Waals surface area (Å²) in [6, 6.07) is 12.7. The van der Waals surface area contributed by atoms with Crippen LogP contribution in [0.3, 0.4) is 0 Å². The van der Waals surface area contributed by atoms with Crippen LogP contribution in [0.15, 0.2) is 67.3 Å². The van der Waals surface area contributed by atoms with Crippen LogP contribution in [0.2, 0.25) is 0 Å². The van der Waals surface area contributed by atoms with Gasteiger partial charge in [-0.25, -0.2) is 4.98 Å². The number of nitro benzene ring substituents is 1. The summed E-state index contributed by atoms with van der Waals surface area (Å²) in [5, 5.41) is 16.5. The van der Waals surface area contributed by atoms with Crippen molar-refractivity contribution in [3.05, 3.63) is 88.5 Å². The maximum absolute atomic E-state index is 12.4. The molecule has 1 aromatic heterocycles.